The molecule has 4 aromatic rings. The van der Waals surface area contributed by atoms with Crippen LogP contribution in [-0.4, -0.2) is 62.3 Å². The molecule has 9 nitrogen and oxygen atoms in total. The van der Waals surface area contributed by atoms with Crippen molar-refractivity contribution in [3.63, 3.8) is 0 Å². The van der Waals surface area contributed by atoms with Crippen molar-refractivity contribution in [1.29, 1.82) is 0 Å². The van der Waals surface area contributed by atoms with Gasteiger partial charge in [-0.1, -0.05) is 18.2 Å². The van der Waals surface area contributed by atoms with Crippen LogP contribution >= 0.6 is 0 Å². The number of hydrogen-bond donors (Lipinski definition) is 2. The predicted molar refractivity (Wildman–Crippen MR) is 158 cm³/mol. The summed E-state index contributed by atoms with van der Waals surface area (Å²) in [4.78, 5) is 32.8. The second kappa shape index (κ2) is 11.3. The highest BCUT2D eigenvalue weighted by atomic mass is 16.6. The minimum atomic E-state index is -0.568. The normalized spacial score (nSPS) is 16.0. The Bertz CT molecular complexity index is 1530. The van der Waals surface area contributed by atoms with E-state index in [1.807, 2.05) is 43.9 Å². The fraction of sp³-hybridized carbons (Fsp3) is 0.452. The van der Waals surface area contributed by atoms with E-state index in [4.69, 9.17) is 15.5 Å². The second-order valence-corrected chi connectivity index (χ2v) is 11.5. The summed E-state index contributed by atoms with van der Waals surface area (Å²) in [7, 11) is 0. The van der Waals surface area contributed by atoms with Gasteiger partial charge in [0.1, 0.15) is 5.60 Å². The van der Waals surface area contributed by atoms with Crippen molar-refractivity contribution in [2.75, 3.05) is 19.6 Å². The number of alkyl carbamates (subject to hydrolysis) is 1. The van der Waals surface area contributed by atoms with Crippen LogP contribution < -0.4 is 11.1 Å². The molecule has 0 spiro atoms. The molecule has 3 heterocycles. The molecule has 1 saturated heterocycles. The molecule has 2 aromatic heterocycles. The number of nitrogens with one attached hydrogen (secondary N) is 1. The van der Waals surface area contributed by atoms with Gasteiger partial charge < -0.3 is 29.8 Å². The SMILES string of the molecule is CCn1c(-c2nc3cc(C(=O)N4CCCC(NC(=O)OC(C)(C)C)C4)ccc3n2CCCN)cc2ccccc21. The molecule has 1 unspecified atom stereocenters. The first-order valence-electron chi connectivity index (χ1n) is 14.3. The van der Waals surface area contributed by atoms with E-state index in [1.54, 1.807) is 0 Å². The number of carbonyl (C=O) groups is 2. The number of aromatic nitrogens is 3. The fourth-order valence-electron chi connectivity index (χ4n) is 5.61. The summed E-state index contributed by atoms with van der Waals surface area (Å²) in [6, 6.07) is 16.2. The van der Waals surface area contributed by atoms with Crippen molar-refractivity contribution in [3.05, 3.63) is 54.1 Å². The molecule has 2 aromatic carbocycles. The van der Waals surface area contributed by atoms with Crippen LogP contribution in [0.25, 0.3) is 33.5 Å². The number of amides is 2. The van der Waals surface area contributed by atoms with Crippen LogP contribution in [0.15, 0.2) is 48.5 Å². The largest absolute Gasteiger partial charge is 0.444 e. The smallest absolute Gasteiger partial charge is 0.407 e. The van der Waals surface area contributed by atoms with E-state index in [1.165, 1.54) is 10.9 Å². The number of hydrogen-bond acceptors (Lipinski definition) is 5. The van der Waals surface area contributed by atoms with Gasteiger partial charge in [-0.15, -0.1) is 0 Å². The quantitative estimate of drug-likeness (QED) is 0.334. The van der Waals surface area contributed by atoms with Crippen LogP contribution in [0.3, 0.4) is 0 Å². The van der Waals surface area contributed by atoms with E-state index < -0.39 is 11.7 Å². The molecule has 9 heteroatoms. The molecule has 0 saturated carbocycles. The lowest BCUT2D eigenvalue weighted by molar-refractivity contribution is 0.0452. The van der Waals surface area contributed by atoms with Crippen molar-refractivity contribution in [2.24, 2.45) is 5.73 Å². The maximum atomic E-state index is 13.6. The zero-order valence-corrected chi connectivity index (χ0v) is 23.9. The van der Waals surface area contributed by atoms with Gasteiger partial charge in [-0.2, -0.15) is 0 Å². The van der Waals surface area contributed by atoms with E-state index >= 15 is 0 Å². The molecule has 0 bridgehead atoms. The molecular formula is C31H40N6O3. The average molecular weight is 545 g/mol. The maximum Gasteiger partial charge on any atom is 0.407 e. The van der Waals surface area contributed by atoms with Gasteiger partial charge in [-0.05, 0) is 83.8 Å². The van der Waals surface area contributed by atoms with Gasteiger partial charge in [-0.3, -0.25) is 4.79 Å². The highest BCUT2D eigenvalue weighted by molar-refractivity contribution is 5.98. The van der Waals surface area contributed by atoms with Crippen LogP contribution in [0, 0.1) is 0 Å². The summed E-state index contributed by atoms with van der Waals surface area (Å²) >= 11 is 0. The Hall–Kier alpha value is -3.85. The summed E-state index contributed by atoms with van der Waals surface area (Å²) in [5.74, 6) is 0.823. The first kappa shape index (κ1) is 27.7. The third kappa shape index (κ3) is 5.70. The van der Waals surface area contributed by atoms with Crippen molar-refractivity contribution < 1.29 is 14.3 Å². The molecule has 1 fully saturated rings. The molecule has 1 atom stereocenters. The number of fused-ring (bicyclic) bond motifs is 2. The third-order valence-corrected chi connectivity index (χ3v) is 7.37. The van der Waals surface area contributed by atoms with Crippen molar-refractivity contribution >= 4 is 33.9 Å². The van der Waals surface area contributed by atoms with Crippen molar-refractivity contribution in [1.82, 2.24) is 24.3 Å². The van der Waals surface area contributed by atoms with Gasteiger partial charge in [0.15, 0.2) is 5.82 Å². The summed E-state index contributed by atoms with van der Waals surface area (Å²) in [6.45, 7) is 10.9. The number of ether oxygens (including phenoxy) is 1. The minimum absolute atomic E-state index is 0.0571. The standard InChI is InChI=1S/C31H40N6O3/c1-5-36-25-12-7-6-10-21(25)19-27(36)28-34-24-18-22(13-14-26(24)37(28)17-9-15-32)29(38)35-16-8-11-23(20-35)33-30(39)40-31(2,3)4/h6-7,10,12-14,18-19,23H,5,8-9,11,15-17,20,32H2,1-4H3,(H,33,39). The monoisotopic (exact) mass is 544 g/mol. The lowest BCUT2D eigenvalue weighted by Crippen LogP contribution is -2.50. The van der Waals surface area contributed by atoms with Crippen LogP contribution in [0.5, 0.6) is 0 Å². The highest BCUT2D eigenvalue weighted by Crippen LogP contribution is 2.31. The van der Waals surface area contributed by atoms with Crippen LogP contribution in [0.2, 0.25) is 0 Å². The molecule has 0 aliphatic carbocycles. The molecule has 1 aliphatic heterocycles. The van der Waals surface area contributed by atoms with Gasteiger partial charge in [-0.25, -0.2) is 9.78 Å². The Labute approximate surface area is 235 Å². The number of nitrogens with zero attached hydrogens (tertiary/aromatic N) is 4. The van der Waals surface area contributed by atoms with E-state index in [0.29, 0.717) is 25.2 Å². The predicted octanol–water partition coefficient (Wildman–Crippen LogP) is 5.16. The Morgan fingerprint density at radius 2 is 1.90 bits per heavy atom. The zero-order valence-electron chi connectivity index (χ0n) is 23.9. The van der Waals surface area contributed by atoms with E-state index in [0.717, 1.165) is 54.9 Å². The molecular weight excluding hydrogens is 504 g/mol. The number of benzene rings is 2. The van der Waals surface area contributed by atoms with Crippen LogP contribution in [-0.2, 0) is 17.8 Å². The third-order valence-electron chi connectivity index (χ3n) is 7.37. The Balaban J connectivity index is 1.44. The minimum Gasteiger partial charge on any atom is -0.444 e. The van der Waals surface area contributed by atoms with E-state index in [2.05, 4.69) is 51.7 Å². The number of para-hydroxylation sites is 1. The van der Waals surface area contributed by atoms with Crippen LogP contribution in [0.1, 0.15) is 57.3 Å². The van der Waals surface area contributed by atoms with Crippen molar-refractivity contribution in [2.45, 2.75) is 71.7 Å². The van der Waals surface area contributed by atoms with Gasteiger partial charge in [0.25, 0.3) is 5.91 Å². The van der Waals surface area contributed by atoms with E-state index in [9.17, 15) is 9.59 Å². The summed E-state index contributed by atoms with van der Waals surface area (Å²) in [5.41, 5.74) is 9.91. The zero-order chi connectivity index (χ0) is 28.4. The molecule has 2 amide bonds. The first-order valence-corrected chi connectivity index (χ1v) is 14.3. The number of carbonyl (C=O) groups excluding carboxylic acids is 2. The summed E-state index contributed by atoms with van der Waals surface area (Å²) < 4.78 is 9.91. The number of likely N-dealkylation sites (tertiary alicyclic amines) is 1. The molecule has 212 valence electrons. The Kier molecular flexibility index (Phi) is 7.85. The number of nitrogens with two attached hydrogens (primary N) is 1. The first-order chi connectivity index (χ1) is 19.2. The number of rotatable bonds is 7. The van der Waals surface area contributed by atoms with Gasteiger partial charge >= 0.3 is 6.09 Å². The van der Waals surface area contributed by atoms with Crippen molar-refractivity contribution in [3.8, 4) is 11.5 Å². The Morgan fingerprint density at radius 1 is 1.10 bits per heavy atom. The number of imidazole rings is 1. The lowest BCUT2D eigenvalue weighted by Gasteiger charge is -2.33. The summed E-state index contributed by atoms with van der Waals surface area (Å²) in [6.07, 6.45) is 2.00. The van der Waals surface area contributed by atoms with Gasteiger partial charge in [0.05, 0.1) is 16.7 Å². The molecule has 3 N–H and O–H groups in total. The maximum absolute atomic E-state index is 13.6. The average Bonchev–Trinajstić information content (AvgIpc) is 3.47. The lowest BCUT2D eigenvalue weighted by atomic mass is 10.0. The number of aryl methyl sites for hydroxylation is 2. The highest BCUT2D eigenvalue weighted by Gasteiger charge is 2.28. The summed E-state index contributed by atoms with van der Waals surface area (Å²) in [5, 5.41) is 4.10. The number of piperidine rings is 1. The molecule has 1 aliphatic rings. The Morgan fingerprint density at radius 3 is 2.65 bits per heavy atom. The molecule has 0 radical (unpaired) electrons. The fourth-order valence-corrected chi connectivity index (χ4v) is 5.61. The second-order valence-electron chi connectivity index (χ2n) is 11.5. The van der Waals surface area contributed by atoms with E-state index in [-0.39, 0.29) is 11.9 Å². The molecule has 5 rings (SSSR count). The van der Waals surface area contributed by atoms with Crippen LogP contribution in [0.4, 0.5) is 4.79 Å². The van der Waals surface area contributed by atoms with Gasteiger partial charge in [0, 0.05) is 48.7 Å². The molecule has 40 heavy (non-hydrogen) atoms. The van der Waals surface area contributed by atoms with Gasteiger partial charge in [0.2, 0.25) is 0 Å². The topological polar surface area (TPSA) is 107 Å².